The van der Waals surface area contributed by atoms with Crippen LogP contribution < -0.4 is 10.1 Å². The predicted octanol–water partition coefficient (Wildman–Crippen LogP) is 5.53. The van der Waals surface area contributed by atoms with Gasteiger partial charge in [-0.25, -0.2) is 4.79 Å². The second-order valence-corrected chi connectivity index (χ2v) is 9.62. The molecule has 8 nitrogen and oxygen atoms in total. The van der Waals surface area contributed by atoms with E-state index in [-0.39, 0.29) is 11.7 Å². The molecule has 4 aromatic rings. The van der Waals surface area contributed by atoms with Crippen molar-refractivity contribution in [3.05, 3.63) is 65.0 Å². The van der Waals surface area contributed by atoms with E-state index in [1.165, 1.54) is 30.2 Å². The van der Waals surface area contributed by atoms with E-state index in [9.17, 15) is 9.59 Å². The van der Waals surface area contributed by atoms with E-state index in [4.69, 9.17) is 9.47 Å². The molecule has 186 valence electrons. The van der Waals surface area contributed by atoms with E-state index in [1.807, 2.05) is 72.3 Å². The lowest BCUT2D eigenvalue weighted by Crippen LogP contribution is -2.16. The molecular formula is C26H26N4O4S2. The summed E-state index contributed by atoms with van der Waals surface area (Å²) in [7, 11) is 2.94. The van der Waals surface area contributed by atoms with E-state index in [2.05, 4.69) is 15.5 Å². The largest absolute Gasteiger partial charge is 0.496 e. The number of esters is 1. The Morgan fingerprint density at radius 2 is 1.81 bits per heavy atom. The maximum absolute atomic E-state index is 12.9. The maximum atomic E-state index is 12.9. The molecule has 0 spiro atoms. The number of thiophene rings is 1. The lowest BCUT2D eigenvalue weighted by atomic mass is 10.0. The zero-order valence-electron chi connectivity index (χ0n) is 20.4. The van der Waals surface area contributed by atoms with Crippen molar-refractivity contribution in [1.82, 2.24) is 14.8 Å². The third-order valence-corrected chi connectivity index (χ3v) is 7.37. The summed E-state index contributed by atoms with van der Waals surface area (Å²) in [4.78, 5) is 25.4. The highest BCUT2D eigenvalue weighted by molar-refractivity contribution is 7.99. The molecular weight excluding hydrogens is 496 g/mol. The number of nitrogens with zero attached hydrogens (tertiary/aromatic N) is 3. The van der Waals surface area contributed by atoms with Gasteiger partial charge in [0.2, 0.25) is 5.91 Å². The van der Waals surface area contributed by atoms with Gasteiger partial charge in [-0.3, -0.25) is 4.79 Å². The minimum Gasteiger partial charge on any atom is -0.496 e. The Morgan fingerprint density at radius 3 is 2.50 bits per heavy atom. The zero-order valence-corrected chi connectivity index (χ0v) is 22.0. The summed E-state index contributed by atoms with van der Waals surface area (Å²) in [5.41, 5.74) is 3.90. The molecule has 0 unspecified atom stereocenters. The van der Waals surface area contributed by atoms with Crippen molar-refractivity contribution in [3.63, 3.8) is 0 Å². The first-order valence-corrected chi connectivity index (χ1v) is 13.1. The van der Waals surface area contributed by atoms with Crippen LogP contribution in [0.25, 0.3) is 22.5 Å². The van der Waals surface area contributed by atoms with Gasteiger partial charge in [0, 0.05) is 17.5 Å². The second kappa shape index (κ2) is 11.4. The summed E-state index contributed by atoms with van der Waals surface area (Å²) < 4.78 is 12.4. The van der Waals surface area contributed by atoms with Crippen LogP contribution in [0.5, 0.6) is 5.75 Å². The number of aromatic nitrogens is 3. The van der Waals surface area contributed by atoms with Gasteiger partial charge in [-0.15, -0.1) is 21.5 Å². The van der Waals surface area contributed by atoms with Crippen LogP contribution in [0.3, 0.4) is 0 Å². The minimum absolute atomic E-state index is 0.0996. The summed E-state index contributed by atoms with van der Waals surface area (Å²) in [6, 6.07) is 15.5. The molecule has 4 rings (SSSR count). The Labute approximate surface area is 217 Å². The van der Waals surface area contributed by atoms with E-state index < -0.39 is 5.97 Å². The van der Waals surface area contributed by atoms with E-state index in [1.54, 1.807) is 7.11 Å². The number of hydrogen-bond donors (Lipinski definition) is 1. The number of anilines is 1. The molecule has 0 bridgehead atoms. The first-order chi connectivity index (χ1) is 17.5. The molecule has 36 heavy (non-hydrogen) atoms. The predicted molar refractivity (Wildman–Crippen MR) is 143 cm³/mol. The van der Waals surface area contributed by atoms with Crippen LogP contribution >= 0.6 is 23.1 Å². The molecule has 2 heterocycles. The van der Waals surface area contributed by atoms with Gasteiger partial charge in [0.15, 0.2) is 11.0 Å². The molecule has 2 aromatic heterocycles. The van der Waals surface area contributed by atoms with Crippen molar-refractivity contribution < 1.29 is 19.1 Å². The number of aryl methyl sites for hydroxylation is 1. The van der Waals surface area contributed by atoms with Gasteiger partial charge in [0.05, 0.1) is 25.5 Å². The minimum atomic E-state index is -0.498. The number of rotatable bonds is 9. The number of amides is 1. The Kier molecular flexibility index (Phi) is 8.07. The lowest BCUT2D eigenvalue weighted by Gasteiger charge is -2.10. The fourth-order valence-electron chi connectivity index (χ4n) is 3.70. The van der Waals surface area contributed by atoms with E-state index in [0.29, 0.717) is 33.8 Å². The van der Waals surface area contributed by atoms with Crippen LogP contribution in [0, 0.1) is 6.92 Å². The summed E-state index contributed by atoms with van der Waals surface area (Å²) in [5.74, 6) is 0.717. The fraction of sp³-hybridized carbons (Fsp3) is 0.231. The van der Waals surface area contributed by atoms with Crippen LogP contribution in [0.2, 0.25) is 0 Å². The molecule has 0 fully saturated rings. The number of thioether (sulfide) groups is 1. The molecule has 0 aliphatic heterocycles. The Morgan fingerprint density at radius 1 is 1.06 bits per heavy atom. The monoisotopic (exact) mass is 522 g/mol. The molecule has 0 atom stereocenters. The third kappa shape index (κ3) is 5.29. The number of carbonyl (C=O) groups excluding carboxylic acids is 2. The molecule has 0 saturated heterocycles. The number of benzene rings is 2. The SMILES string of the molecule is CCn1c(SCC(=O)Nc2scc(-c3ccc(C)cc3)c2C(=O)OC)nnc1-c1ccccc1OC. The third-order valence-electron chi connectivity index (χ3n) is 5.51. The van der Waals surface area contributed by atoms with Crippen LogP contribution in [0.15, 0.2) is 59.1 Å². The van der Waals surface area contributed by atoms with Gasteiger partial charge in [0.1, 0.15) is 16.3 Å². The second-order valence-electron chi connectivity index (χ2n) is 7.80. The van der Waals surface area contributed by atoms with Gasteiger partial charge < -0.3 is 19.4 Å². The number of para-hydroxylation sites is 1. The smallest absolute Gasteiger partial charge is 0.341 e. The van der Waals surface area contributed by atoms with Crippen molar-refractivity contribution >= 4 is 40.0 Å². The first kappa shape index (κ1) is 25.5. The van der Waals surface area contributed by atoms with Crippen LogP contribution in [0.1, 0.15) is 22.8 Å². The number of nitrogens with one attached hydrogen (secondary N) is 1. The molecule has 0 saturated carbocycles. The zero-order chi connectivity index (χ0) is 25.7. The van der Waals surface area contributed by atoms with Gasteiger partial charge in [-0.1, -0.05) is 53.7 Å². The van der Waals surface area contributed by atoms with Crippen molar-refractivity contribution in [3.8, 4) is 28.3 Å². The summed E-state index contributed by atoms with van der Waals surface area (Å²) >= 11 is 2.57. The Balaban J connectivity index is 1.52. The molecule has 0 radical (unpaired) electrons. The van der Waals surface area contributed by atoms with Gasteiger partial charge in [0.25, 0.3) is 0 Å². The van der Waals surface area contributed by atoms with Crippen molar-refractivity contribution in [1.29, 1.82) is 0 Å². The molecule has 1 N–H and O–H groups in total. The van der Waals surface area contributed by atoms with Gasteiger partial charge >= 0.3 is 5.97 Å². The highest BCUT2D eigenvalue weighted by Crippen LogP contribution is 2.37. The maximum Gasteiger partial charge on any atom is 0.341 e. The van der Waals surface area contributed by atoms with Gasteiger partial charge in [-0.2, -0.15) is 0 Å². The van der Waals surface area contributed by atoms with Gasteiger partial charge in [-0.05, 0) is 31.5 Å². The number of ether oxygens (including phenoxy) is 2. The highest BCUT2D eigenvalue weighted by atomic mass is 32.2. The van der Waals surface area contributed by atoms with E-state index >= 15 is 0 Å². The highest BCUT2D eigenvalue weighted by Gasteiger charge is 2.23. The van der Waals surface area contributed by atoms with Crippen LogP contribution in [-0.4, -0.2) is 46.6 Å². The molecule has 0 aliphatic rings. The first-order valence-electron chi connectivity index (χ1n) is 11.2. The average Bonchev–Trinajstić information content (AvgIpc) is 3.51. The van der Waals surface area contributed by atoms with Crippen LogP contribution in [-0.2, 0) is 16.1 Å². The Hall–Kier alpha value is -3.63. The number of methoxy groups -OCH3 is 2. The quantitative estimate of drug-likeness (QED) is 0.228. The molecule has 1 amide bonds. The standard InChI is InChI=1S/C26H26N4O4S2/c1-5-30-23(18-8-6-7-9-20(18)33-3)28-29-26(30)36-15-21(31)27-24-22(25(32)34-4)19(14-35-24)17-12-10-16(2)11-13-17/h6-14H,5,15H2,1-4H3,(H,27,31). The van der Waals surface area contributed by atoms with E-state index in [0.717, 1.165) is 22.3 Å². The van der Waals surface area contributed by atoms with Crippen LogP contribution in [0.4, 0.5) is 5.00 Å². The van der Waals surface area contributed by atoms with Crippen molar-refractivity contribution in [2.75, 3.05) is 25.3 Å². The normalized spacial score (nSPS) is 10.8. The summed E-state index contributed by atoms with van der Waals surface area (Å²) in [5, 5.41) is 14.4. The summed E-state index contributed by atoms with van der Waals surface area (Å²) in [6.07, 6.45) is 0. The van der Waals surface area contributed by atoms with Crippen molar-refractivity contribution in [2.45, 2.75) is 25.5 Å². The molecule has 0 aliphatic carbocycles. The number of carbonyl (C=O) groups is 2. The Bertz CT molecular complexity index is 1380. The van der Waals surface area contributed by atoms with Crippen molar-refractivity contribution in [2.24, 2.45) is 0 Å². The topological polar surface area (TPSA) is 95.3 Å². The number of hydrogen-bond acceptors (Lipinski definition) is 8. The molecule has 10 heteroatoms. The lowest BCUT2D eigenvalue weighted by molar-refractivity contribution is -0.113. The summed E-state index contributed by atoms with van der Waals surface area (Å²) in [6.45, 7) is 4.62. The fourth-order valence-corrected chi connectivity index (χ4v) is 5.48. The average molecular weight is 523 g/mol. The molecule has 2 aromatic carbocycles.